The Morgan fingerprint density at radius 2 is 2.20 bits per heavy atom. The van der Waals surface area contributed by atoms with Crippen molar-refractivity contribution >= 4 is 17.3 Å². The minimum Gasteiger partial charge on any atom is -0.344 e. The fraction of sp³-hybridized carbons (Fsp3) is 0.571. The molecule has 1 fully saturated rings. The summed E-state index contributed by atoms with van der Waals surface area (Å²) in [5.74, 6) is 1.88. The maximum Gasteiger partial charge on any atom is 0.265 e. The molecule has 1 saturated heterocycles. The van der Waals surface area contributed by atoms with Crippen molar-refractivity contribution in [3.63, 3.8) is 0 Å². The van der Waals surface area contributed by atoms with E-state index in [0.29, 0.717) is 11.9 Å². The Labute approximate surface area is 123 Å². The van der Waals surface area contributed by atoms with Crippen molar-refractivity contribution in [1.82, 2.24) is 15.0 Å². The smallest absolute Gasteiger partial charge is 0.265 e. The average Bonchev–Trinajstić information content (AvgIpc) is 3.10. The first-order chi connectivity index (χ1) is 9.72. The van der Waals surface area contributed by atoms with Crippen LogP contribution in [0.25, 0.3) is 0 Å². The van der Waals surface area contributed by atoms with E-state index >= 15 is 0 Å². The van der Waals surface area contributed by atoms with Crippen molar-refractivity contribution in [3.05, 3.63) is 28.3 Å². The SMILES string of the molecule is CN(C)c1noc(C2CCN(Cc3cccs3)CC2)n1. The molecule has 2 aromatic rings. The Morgan fingerprint density at radius 3 is 2.80 bits per heavy atom. The average molecular weight is 292 g/mol. The van der Waals surface area contributed by atoms with Crippen LogP contribution in [0.1, 0.15) is 29.5 Å². The molecule has 108 valence electrons. The summed E-state index contributed by atoms with van der Waals surface area (Å²) in [4.78, 5) is 10.3. The standard InChI is InChI=1S/C14H20N4OS/c1-17(2)14-15-13(19-16-14)11-5-7-18(8-6-11)10-12-4-3-9-20-12/h3-4,9,11H,5-8,10H2,1-2H3. The van der Waals surface area contributed by atoms with Gasteiger partial charge in [0.2, 0.25) is 5.89 Å². The third-order valence-corrected chi connectivity index (χ3v) is 4.59. The highest BCUT2D eigenvalue weighted by molar-refractivity contribution is 7.09. The molecule has 0 saturated carbocycles. The van der Waals surface area contributed by atoms with Gasteiger partial charge in [0.25, 0.3) is 5.95 Å². The molecule has 0 aromatic carbocycles. The topological polar surface area (TPSA) is 45.4 Å². The van der Waals surface area contributed by atoms with Gasteiger partial charge in [-0.1, -0.05) is 6.07 Å². The lowest BCUT2D eigenvalue weighted by Crippen LogP contribution is -2.32. The summed E-state index contributed by atoms with van der Waals surface area (Å²) >= 11 is 1.83. The van der Waals surface area contributed by atoms with Crippen LogP contribution in [0.3, 0.4) is 0 Å². The number of hydrogen-bond acceptors (Lipinski definition) is 6. The Bertz CT molecular complexity index is 529. The van der Waals surface area contributed by atoms with E-state index in [-0.39, 0.29) is 0 Å². The van der Waals surface area contributed by atoms with E-state index in [2.05, 4.69) is 32.6 Å². The molecular formula is C14H20N4OS. The Morgan fingerprint density at radius 1 is 1.40 bits per heavy atom. The normalized spacial score (nSPS) is 17.5. The zero-order chi connectivity index (χ0) is 13.9. The number of hydrogen-bond donors (Lipinski definition) is 0. The van der Waals surface area contributed by atoms with E-state index in [0.717, 1.165) is 38.4 Å². The molecule has 3 heterocycles. The fourth-order valence-corrected chi connectivity index (χ4v) is 3.28. The van der Waals surface area contributed by atoms with Crippen LogP contribution in [0, 0.1) is 0 Å². The maximum absolute atomic E-state index is 5.39. The molecule has 0 spiro atoms. The molecule has 6 heteroatoms. The molecule has 20 heavy (non-hydrogen) atoms. The summed E-state index contributed by atoms with van der Waals surface area (Å²) in [5, 5.41) is 6.14. The van der Waals surface area contributed by atoms with Crippen LogP contribution in [0.4, 0.5) is 5.95 Å². The van der Waals surface area contributed by atoms with Gasteiger partial charge in [-0.25, -0.2) is 0 Å². The van der Waals surface area contributed by atoms with Gasteiger partial charge in [-0.2, -0.15) is 4.98 Å². The van der Waals surface area contributed by atoms with Crippen LogP contribution >= 0.6 is 11.3 Å². The first-order valence-electron chi connectivity index (χ1n) is 6.98. The van der Waals surface area contributed by atoms with Gasteiger partial charge < -0.3 is 9.42 Å². The van der Waals surface area contributed by atoms with Gasteiger partial charge >= 0.3 is 0 Å². The van der Waals surface area contributed by atoms with E-state index in [4.69, 9.17) is 4.52 Å². The highest BCUT2D eigenvalue weighted by Gasteiger charge is 2.25. The molecule has 5 nitrogen and oxygen atoms in total. The first kappa shape index (κ1) is 13.6. The molecule has 3 rings (SSSR count). The Kier molecular flexibility index (Phi) is 4.03. The number of piperidine rings is 1. The van der Waals surface area contributed by atoms with E-state index in [9.17, 15) is 0 Å². The molecule has 1 aliphatic rings. The van der Waals surface area contributed by atoms with Crippen LogP contribution in [-0.4, -0.2) is 42.2 Å². The Balaban J connectivity index is 1.55. The van der Waals surface area contributed by atoms with Gasteiger partial charge in [0.15, 0.2) is 0 Å². The second-order valence-corrected chi connectivity index (χ2v) is 6.49. The van der Waals surface area contributed by atoms with Gasteiger partial charge in [-0.05, 0) is 42.5 Å². The summed E-state index contributed by atoms with van der Waals surface area (Å²) in [6, 6.07) is 4.33. The van der Waals surface area contributed by atoms with E-state index < -0.39 is 0 Å². The predicted octanol–water partition coefficient (Wildman–Crippen LogP) is 2.58. The zero-order valence-electron chi connectivity index (χ0n) is 12.0. The predicted molar refractivity (Wildman–Crippen MR) is 80.2 cm³/mol. The third-order valence-electron chi connectivity index (χ3n) is 3.73. The number of nitrogens with zero attached hydrogens (tertiary/aromatic N) is 4. The van der Waals surface area contributed by atoms with Crippen LogP contribution in [0.2, 0.25) is 0 Å². The lowest BCUT2D eigenvalue weighted by molar-refractivity contribution is 0.189. The third kappa shape index (κ3) is 3.02. The van der Waals surface area contributed by atoms with Gasteiger partial charge in [-0.3, -0.25) is 4.90 Å². The summed E-state index contributed by atoms with van der Waals surface area (Å²) in [7, 11) is 3.86. The molecule has 0 unspecified atom stereocenters. The van der Waals surface area contributed by atoms with Crippen LogP contribution in [-0.2, 0) is 6.54 Å². The molecule has 0 N–H and O–H groups in total. The first-order valence-corrected chi connectivity index (χ1v) is 7.86. The summed E-state index contributed by atoms with van der Waals surface area (Å²) in [5.41, 5.74) is 0. The minimum atomic E-state index is 0.413. The second-order valence-electron chi connectivity index (χ2n) is 5.46. The molecule has 0 aliphatic carbocycles. The van der Waals surface area contributed by atoms with Crippen molar-refractivity contribution in [2.45, 2.75) is 25.3 Å². The zero-order valence-corrected chi connectivity index (χ0v) is 12.8. The molecule has 0 atom stereocenters. The number of likely N-dealkylation sites (tertiary alicyclic amines) is 1. The van der Waals surface area contributed by atoms with Gasteiger partial charge in [0, 0.05) is 31.4 Å². The van der Waals surface area contributed by atoms with E-state index in [1.54, 1.807) is 0 Å². The molecule has 0 radical (unpaired) electrons. The molecule has 0 bridgehead atoms. The van der Waals surface area contributed by atoms with Gasteiger partial charge in [0.05, 0.1) is 0 Å². The second kappa shape index (κ2) is 5.93. The van der Waals surface area contributed by atoms with Crippen molar-refractivity contribution in [2.24, 2.45) is 0 Å². The van der Waals surface area contributed by atoms with Crippen LogP contribution in [0.5, 0.6) is 0 Å². The summed E-state index contributed by atoms with van der Waals surface area (Å²) in [6.45, 7) is 3.27. The summed E-state index contributed by atoms with van der Waals surface area (Å²) in [6.07, 6.45) is 2.20. The lowest BCUT2D eigenvalue weighted by atomic mass is 9.97. The van der Waals surface area contributed by atoms with E-state index in [1.807, 2.05) is 30.3 Å². The fourth-order valence-electron chi connectivity index (χ4n) is 2.54. The van der Waals surface area contributed by atoms with Crippen molar-refractivity contribution in [2.75, 3.05) is 32.1 Å². The number of anilines is 1. The summed E-state index contributed by atoms with van der Waals surface area (Å²) < 4.78 is 5.39. The van der Waals surface area contributed by atoms with Crippen LogP contribution < -0.4 is 4.90 Å². The monoisotopic (exact) mass is 292 g/mol. The minimum absolute atomic E-state index is 0.413. The molecular weight excluding hydrogens is 272 g/mol. The van der Waals surface area contributed by atoms with Crippen molar-refractivity contribution in [3.8, 4) is 0 Å². The van der Waals surface area contributed by atoms with Gasteiger partial charge in [0.1, 0.15) is 0 Å². The molecule has 0 amide bonds. The largest absolute Gasteiger partial charge is 0.344 e. The Hall–Kier alpha value is -1.40. The quantitative estimate of drug-likeness (QED) is 0.866. The van der Waals surface area contributed by atoms with Gasteiger partial charge in [-0.15, -0.1) is 11.3 Å². The van der Waals surface area contributed by atoms with Crippen molar-refractivity contribution in [1.29, 1.82) is 0 Å². The molecule has 1 aliphatic heterocycles. The van der Waals surface area contributed by atoms with Crippen LogP contribution in [0.15, 0.2) is 22.0 Å². The highest BCUT2D eigenvalue weighted by Crippen LogP contribution is 2.28. The lowest BCUT2D eigenvalue weighted by Gasteiger charge is -2.29. The van der Waals surface area contributed by atoms with Crippen molar-refractivity contribution < 1.29 is 4.52 Å². The number of rotatable bonds is 4. The number of thiophene rings is 1. The maximum atomic E-state index is 5.39. The molecule has 2 aromatic heterocycles. The van der Waals surface area contributed by atoms with E-state index in [1.165, 1.54) is 4.88 Å². The number of aromatic nitrogens is 2. The highest BCUT2D eigenvalue weighted by atomic mass is 32.1.